The molecule has 4 rings (SSSR count). The standard InChI is InChI=1S/C20H18N6/c1-15-6-5-11-23-19(15)26-20(17-14-21-12-13-22-17)24-18(25-26)10-9-16-7-3-2-4-8-16/h2-8,11-14H,9-10H2,1H3. The largest absolute Gasteiger partial charge is 0.261 e. The van der Waals surface area contributed by atoms with E-state index in [-0.39, 0.29) is 0 Å². The van der Waals surface area contributed by atoms with Crippen molar-refractivity contribution in [2.24, 2.45) is 0 Å². The smallest absolute Gasteiger partial charge is 0.185 e. The van der Waals surface area contributed by atoms with Crippen LogP contribution in [0.25, 0.3) is 17.3 Å². The summed E-state index contributed by atoms with van der Waals surface area (Å²) in [4.78, 5) is 17.7. The molecule has 0 saturated heterocycles. The fourth-order valence-electron chi connectivity index (χ4n) is 2.79. The van der Waals surface area contributed by atoms with E-state index < -0.39 is 0 Å². The maximum absolute atomic E-state index is 4.72. The van der Waals surface area contributed by atoms with E-state index in [0.717, 1.165) is 30.0 Å². The van der Waals surface area contributed by atoms with E-state index in [9.17, 15) is 0 Å². The zero-order chi connectivity index (χ0) is 17.8. The number of aryl methyl sites for hydroxylation is 3. The average molecular weight is 342 g/mol. The fourth-order valence-corrected chi connectivity index (χ4v) is 2.79. The van der Waals surface area contributed by atoms with Gasteiger partial charge in [0.2, 0.25) is 0 Å². The molecule has 0 aliphatic rings. The van der Waals surface area contributed by atoms with Crippen LogP contribution in [0.1, 0.15) is 17.0 Å². The molecular formula is C20H18N6. The molecule has 6 nitrogen and oxygen atoms in total. The number of pyridine rings is 1. The highest BCUT2D eigenvalue weighted by molar-refractivity contribution is 5.51. The van der Waals surface area contributed by atoms with Gasteiger partial charge in [0, 0.05) is 25.0 Å². The lowest BCUT2D eigenvalue weighted by molar-refractivity contribution is 0.792. The summed E-state index contributed by atoms with van der Waals surface area (Å²) >= 11 is 0. The van der Waals surface area contributed by atoms with Crippen molar-refractivity contribution in [1.82, 2.24) is 29.7 Å². The van der Waals surface area contributed by atoms with Crippen LogP contribution in [0.2, 0.25) is 0 Å². The van der Waals surface area contributed by atoms with Crippen LogP contribution in [0, 0.1) is 6.92 Å². The maximum Gasteiger partial charge on any atom is 0.185 e. The number of aromatic nitrogens is 6. The molecule has 0 atom stereocenters. The summed E-state index contributed by atoms with van der Waals surface area (Å²) in [6.07, 6.45) is 8.38. The van der Waals surface area contributed by atoms with Crippen molar-refractivity contribution in [2.75, 3.05) is 0 Å². The van der Waals surface area contributed by atoms with Crippen LogP contribution in [-0.4, -0.2) is 29.7 Å². The summed E-state index contributed by atoms with van der Waals surface area (Å²) < 4.78 is 1.76. The molecule has 26 heavy (non-hydrogen) atoms. The first-order chi connectivity index (χ1) is 12.8. The zero-order valence-corrected chi connectivity index (χ0v) is 14.4. The number of rotatable bonds is 5. The van der Waals surface area contributed by atoms with Crippen molar-refractivity contribution in [3.8, 4) is 17.3 Å². The summed E-state index contributed by atoms with van der Waals surface area (Å²) in [6.45, 7) is 2.01. The Morgan fingerprint density at radius 1 is 0.885 bits per heavy atom. The summed E-state index contributed by atoms with van der Waals surface area (Å²) in [7, 11) is 0. The third-order valence-electron chi connectivity index (χ3n) is 4.11. The molecule has 0 saturated carbocycles. The Bertz CT molecular complexity index is 995. The van der Waals surface area contributed by atoms with Crippen molar-refractivity contribution >= 4 is 0 Å². The molecule has 0 radical (unpaired) electrons. The van der Waals surface area contributed by atoms with Gasteiger partial charge in [0.05, 0.1) is 6.20 Å². The van der Waals surface area contributed by atoms with Crippen molar-refractivity contribution in [3.05, 3.63) is 84.2 Å². The minimum absolute atomic E-state index is 0.656. The van der Waals surface area contributed by atoms with Gasteiger partial charge < -0.3 is 0 Å². The Morgan fingerprint density at radius 2 is 1.77 bits per heavy atom. The first-order valence-corrected chi connectivity index (χ1v) is 8.49. The molecule has 3 heterocycles. The van der Waals surface area contributed by atoms with E-state index in [1.807, 2.05) is 37.3 Å². The SMILES string of the molecule is Cc1cccnc1-n1nc(CCc2ccccc2)nc1-c1cnccn1. The number of hydrogen-bond acceptors (Lipinski definition) is 5. The van der Waals surface area contributed by atoms with Crippen molar-refractivity contribution in [3.63, 3.8) is 0 Å². The molecule has 0 unspecified atom stereocenters. The number of hydrogen-bond donors (Lipinski definition) is 0. The summed E-state index contributed by atoms with van der Waals surface area (Å²) in [6, 6.07) is 14.3. The lowest BCUT2D eigenvalue weighted by Crippen LogP contribution is -2.05. The Morgan fingerprint density at radius 3 is 2.54 bits per heavy atom. The minimum Gasteiger partial charge on any atom is -0.261 e. The van der Waals surface area contributed by atoms with Crippen molar-refractivity contribution < 1.29 is 0 Å². The van der Waals surface area contributed by atoms with Gasteiger partial charge in [-0.15, -0.1) is 5.10 Å². The number of benzene rings is 1. The third kappa shape index (κ3) is 3.35. The Balaban J connectivity index is 1.72. The van der Waals surface area contributed by atoms with Gasteiger partial charge in [0.25, 0.3) is 0 Å². The molecule has 6 heteroatoms. The Kier molecular flexibility index (Phi) is 4.47. The molecule has 0 N–H and O–H groups in total. The Labute approximate surface area is 151 Å². The molecule has 0 spiro atoms. The summed E-state index contributed by atoms with van der Waals surface area (Å²) in [5.41, 5.74) is 2.96. The first-order valence-electron chi connectivity index (χ1n) is 8.49. The van der Waals surface area contributed by atoms with Gasteiger partial charge in [-0.3, -0.25) is 4.98 Å². The van der Waals surface area contributed by atoms with Gasteiger partial charge in [0.15, 0.2) is 17.5 Å². The second-order valence-electron chi connectivity index (χ2n) is 5.98. The molecule has 4 aromatic rings. The molecule has 128 valence electrons. The fraction of sp³-hybridized carbons (Fsp3) is 0.150. The molecule has 0 fully saturated rings. The van der Waals surface area contributed by atoms with E-state index in [2.05, 4.69) is 27.1 Å². The second kappa shape index (κ2) is 7.23. The van der Waals surface area contributed by atoms with Crippen molar-refractivity contribution in [2.45, 2.75) is 19.8 Å². The zero-order valence-electron chi connectivity index (χ0n) is 14.4. The topological polar surface area (TPSA) is 69.4 Å². The van der Waals surface area contributed by atoms with E-state index in [1.165, 1.54) is 5.56 Å². The monoisotopic (exact) mass is 342 g/mol. The van der Waals surface area contributed by atoms with Gasteiger partial charge in [-0.1, -0.05) is 36.4 Å². The predicted octanol–water partition coefficient (Wildman–Crippen LogP) is 3.21. The lowest BCUT2D eigenvalue weighted by atomic mass is 10.1. The van der Waals surface area contributed by atoms with Crippen molar-refractivity contribution in [1.29, 1.82) is 0 Å². The average Bonchev–Trinajstić information content (AvgIpc) is 3.12. The Hall–Kier alpha value is -3.41. The highest BCUT2D eigenvalue weighted by atomic mass is 15.4. The molecule has 0 aliphatic carbocycles. The summed E-state index contributed by atoms with van der Waals surface area (Å²) in [5, 5.41) is 4.71. The van der Waals surface area contributed by atoms with Crippen LogP contribution in [0.3, 0.4) is 0 Å². The molecule has 1 aromatic carbocycles. The predicted molar refractivity (Wildman–Crippen MR) is 98.8 cm³/mol. The van der Waals surface area contributed by atoms with E-state index in [0.29, 0.717) is 11.5 Å². The van der Waals surface area contributed by atoms with Crippen LogP contribution < -0.4 is 0 Å². The van der Waals surface area contributed by atoms with Crippen LogP contribution in [-0.2, 0) is 12.8 Å². The minimum atomic E-state index is 0.656. The van der Waals surface area contributed by atoms with Crippen LogP contribution in [0.5, 0.6) is 0 Å². The molecule has 0 bridgehead atoms. The second-order valence-corrected chi connectivity index (χ2v) is 5.98. The van der Waals surface area contributed by atoms with Gasteiger partial charge in [-0.25, -0.2) is 15.0 Å². The molecule has 3 aromatic heterocycles. The molecular weight excluding hydrogens is 324 g/mol. The number of nitrogens with zero attached hydrogens (tertiary/aromatic N) is 6. The quantitative estimate of drug-likeness (QED) is 0.557. The highest BCUT2D eigenvalue weighted by Crippen LogP contribution is 2.20. The molecule has 0 aliphatic heterocycles. The van der Waals surface area contributed by atoms with E-state index in [1.54, 1.807) is 29.5 Å². The molecule has 0 amide bonds. The van der Waals surface area contributed by atoms with Gasteiger partial charge >= 0.3 is 0 Å². The first kappa shape index (κ1) is 16.1. The summed E-state index contributed by atoms with van der Waals surface area (Å²) in [5.74, 6) is 2.18. The van der Waals surface area contributed by atoms with Crippen LogP contribution in [0.15, 0.2) is 67.3 Å². The van der Waals surface area contributed by atoms with Gasteiger partial charge in [-0.05, 0) is 30.5 Å². The lowest BCUT2D eigenvalue weighted by Gasteiger charge is -2.06. The van der Waals surface area contributed by atoms with Gasteiger partial charge in [0.1, 0.15) is 5.69 Å². The highest BCUT2D eigenvalue weighted by Gasteiger charge is 2.17. The maximum atomic E-state index is 4.72. The normalized spacial score (nSPS) is 10.8. The van der Waals surface area contributed by atoms with Crippen LogP contribution >= 0.6 is 0 Å². The third-order valence-corrected chi connectivity index (χ3v) is 4.11. The van der Waals surface area contributed by atoms with Crippen LogP contribution in [0.4, 0.5) is 0 Å². The van der Waals surface area contributed by atoms with E-state index in [4.69, 9.17) is 10.1 Å². The van der Waals surface area contributed by atoms with Gasteiger partial charge in [-0.2, -0.15) is 4.68 Å². The van der Waals surface area contributed by atoms with E-state index >= 15 is 0 Å².